The van der Waals surface area contributed by atoms with E-state index in [1.807, 2.05) is 42.0 Å². The van der Waals surface area contributed by atoms with Crippen LogP contribution >= 0.6 is 11.3 Å². The topological polar surface area (TPSA) is 59.9 Å². The Morgan fingerprint density at radius 2 is 1.85 bits per heavy atom. The zero-order valence-corrected chi connectivity index (χ0v) is 15.6. The number of ether oxygens (including phenoxy) is 1. The van der Waals surface area contributed by atoms with Crippen LogP contribution in [-0.2, 0) is 0 Å². The summed E-state index contributed by atoms with van der Waals surface area (Å²) in [6.45, 7) is 0. The summed E-state index contributed by atoms with van der Waals surface area (Å²) in [5, 5.41) is 3.50. The summed E-state index contributed by atoms with van der Waals surface area (Å²) < 4.78 is 5.24. The fourth-order valence-corrected chi connectivity index (χ4v) is 4.15. The SMILES string of the molecule is COc1ccc(-c2ncsc2-c2ccnc(NC3CCCCC3)n2)cc1. The van der Waals surface area contributed by atoms with Gasteiger partial charge in [-0.3, -0.25) is 0 Å². The molecule has 0 amide bonds. The molecule has 1 aromatic carbocycles. The first-order chi connectivity index (χ1) is 12.8. The van der Waals surface area contributed by atoms with Crippen molar-refractivity contribution in [1.29, 1.82) is 0 Å². The Balaban J connectivity index is 1.59. The van der Waals surface area contributed by atoms with Crippen molar-refractivity contribution in [1.82, 2.24) is 15.0 Å². The largest absolute Gasteiger partial charge is 0.497 e. The third kappa shape index (κ3) is 3.70. The van der Waals surface area contributed by atoms with E-state index in [1.165, 1.54) is 32.1 Å². The fourth-order valence-electron chi connectivity index (χ4n) is 3.37. The number of nitrogens with zero attached hydrogens (tertiary/aromatic N) is 3. The lowest BCUT2D eigenvalue weighted by molar-refractivity contribution is 0.415. The molecule has 0 spiro atoms. The van der Waals surface area contributed by atoms with Gasteiger partial charge in [0, 0.05) is 17.8 Å². The number of nitrogens with one attached hydrogen (secondary N) is 1. The van der Waals surface area contributed by atoms with Gasteiger partial charge in [-0.25, -0.2) is 15.0 Å². The number of aromatic nitrogens is 3. The molecule has 0 aliphatic heterocycles. The van der Waals surface area contributed by atoms with Gasteiger partial charge in [0.1, 0.15) is 5.75 Å². The van der Waals surface area contributed by atoms with E-state index in [-0.39, 0.29) is 0 Å². The summed E-state index contributed by atoms with van der Waals surface area (Å²) >= 11 is 1.60. The molecule has 6 heteroatoms. The van der Waals surface area contributed by atoms with Crippen LogP contribution in [0.25, 0.3) is 21.8 Å². The number of thiazole rings is 1. The molecule has 2 heterocycles. The molecule has 2 aromatic heterocycles. The molecule has 3 aromatic rings. The standard InChI is InChI=1S/C20H22N4OS/c1-25-16-9-7-14(8-10-16)18-19(26-13-22-18)17-11-12-21-20(24-17)23-15-5-3-2-4-6-15/h7-13,15H,2-6H2,1H3,(H,21,23,24). The zero-order valence-electron chi connectivity index (χ0n) is 14.8. The van der Waals surface area contributed by atoms with Gasteiger partial charge in [0.25, 0.3) is 0 Å². The Morgan fingerprint density at radius 3 is 2.62 bits per heavy atom. The van der Waals surface area contributed by atoms with Gasteiger partial charge < -0.3 is 10.1 Å². The molecule has 0 atom stereocenters. The average Bonchev–Trinajstić information content (AvgIpc) is 3.19. The lowest BCUT2D eigenvalue weighted by Gasteiger charge is -2.22. The second-order valence-electron chi connectivity index (χ2n) is 6.50. The lowest BCUT2D eigenvalue weighted by Crippen LogP contribution is -2.23. The summed E-state index contributed by atoms with van der Waals surface area (Å²) in [5.41, 5.74) is 4.78. The van der Waals surface area contributed by atoms with E-state index in [0.29, 0.717) is 12.0 Å². The van der Waals surface area contributed by atoms with Crippen molar-refractivity contribution >= 4 is 17.3 Å². The second-order valence-corrected chi connectivity index (χ2v) is 7.36. The fraction of sp³-hybridized carbons (Fsp3) is 0.350. The summed E-state index contributed by atoms with van der Waals surface area (Å²) in [5.74, 6) is 1.55. The molecule has 134 valence electrons. The first-order valence-corrected chi connectivity index (χ1v) is 9.89. The summed E-state index contributed by atoms with van der Waals surface area (Å²) in [6, 6.07) is 10.4. The highest BCUT2D eigenvalue weighted by Gasteiger charge is 2.16. The van der Waals surface area contributed by atoms with Gasteiger partial charge in [-0.05, 0) is 43.2 Å². The van der Waals surface area contributed by atoms with E-state index in [9.17, 15) is 0 Å². The van der Waals surface area contributed by atoms with E-state index in [1.54, 1.807) is 18.4 Å². The average molecular weight is 366 g/mol. The highest BCUT2D eigenvalue weighted by molar-refractivity contribution is 7.13. The maximum Gasteiger partial charge on any atom is 0.223 e. The van der Waals surface area contributed by atoms with Gasteiger partial charge >= 0.3 is 0 Å². The second kappa shape index (κ2) is 7.83. The lowest BCUT2D eigenvalue weighted by atomic mass is 9.96. The van der Waals surface area contributed by atoms with Crippen molar-refractivity contribution in [3.63, 3.8) is 0 Å². The molecule has 0 unspecified atom stereocenters. The van der Waals surface area contributed by atoms with E-state index in [4.69, 9.17) is 9.72 Å². The van der Waals surface area contributed by atoms with Crippen LogP contribution in [0.1, 0.15) is 32.1 Å². The van der Waals surface area contributed by atoms with Crippen molar-refractivity contribution in [3.8, 4) is 27.6 Å². The van der Waals surface area contributed by atoms with Gasteiger partial charge in [0.05, 0.1) is 28.9 Å². The zero-order chi connectivity index (χ0) is 17.8. The monoisotopic (exact) mass is 366 g/mol. The quantitative estimate of drug-likeness (QED) is 0.687. The molecule has 1 aliphatic rings. The van der Waals surface area contributed by atoms with Gasteiger partial charge in [-0.15, -0.1) is 11.3 Å². The molecule has 0 saturated heterocycles. The minimum absolute atomic E-state index is 0.488. The molecule has 1 saturated carbocycles. The molecule has 1 N–H and O–H groups in total. The van der Waals surface area contributed by atoms with Gasteiger partial charge in [-0.2, -0.15) is 0 Å². The minimum atomic E-state index is 0.488. The number of anilines is 1. The van der Waals surface area contributed by atoms with Gasteiger partial charge in [-0.1, -0.05) is 19.3 Å². The molecular formula is C20H22N4OS. The first-order valence-electron chi connectivity index (χ1n) is 9.01. The number of hydrogen-bond donors (Lipinski definition) is 1. The Morgan fingerprint density at radius 1 is 1.04 bits per heavy atom. The van der Waals surface area contributed by atoms with Crippen molar-refractivity contribution < 1.29 is 4.74 Å². The Hall–Kier alpha value is -2.47. The van der Waals surface area contributed by atoms with Gasteiger partial charge in [0.15, 0.2) is 0 Å². The third-order valence-corrected chi connectivity index (χ3v) is 5.61. The molecule has 4 rings (SSSR count). The van der Waals surface area contributed by atoms with Crippen LogP contribution in [0.4, 0.5) is 5.95 Å². The number of hydrogen-bond acceptors (Lipinski definition) is 6. The van der Waals surface area contributed by atoms with Crippen molar-refractivity contribution in [2.45, 2.75) is 38.1 Å². The van der Waals surface area contributed by atoms with Crippen molar-refractivity contribution in [2.24, 2.45) is 0 Å². The van der Waals surface area contributed by atoms with E-state index < -0.39 is 0 Å². The maximum atomic E-state index is 5.24. The minimum Gasteiger partial charge on any atom is -0.497 e. The summed E-state index contributed by atoms with van der Waals surface area (Å²) in [4.78, 5) is 14.8. The van der Waals surface area contributed by atoms with E-state index in [0.717, 1.165) is 27.6 Å². The van der Waals surface area contributed by atoms with Crippen LogP contribution < -0.4 is 10.1 Å². The molecule has 26 heavy (non-hydrogen) atoms. The summed E-state index contributed by atoms with van der Waals surface area (Å²) in [7, 11) is 1.67. The third-order valence-electron chi connectivity index (χ3n) is 4.76. The van der Waals surface area contributed by atoms with Crippen molar-refractivity contribution in [3.05, 3.63) is 42.0 Å². The highest BCUT2D eigenvalue weighted by Crippen LogP contribution is 2.34. The first kappa shape index (κ1) is 17.0. The van der Waals surface area contributed by atoms with E-state index in [2.05, 4.69) is 15.3 Å². The molecule has 1 fully saturated rings. The number of benzene rings is 1. The number of methoxy groups -OCH3 is 1. The predicted octanol–water partition coefficient (Wildman–Crippen LogP) is 5.02. The van der Waals surface area contributed by atoms with Crippen LogP contribution in [0, 0.1) is 0 Å². The Kier molecular flexibility index (Phi) is 5.11. The van der Waals surface area contributed by atoms with Crippen LogP contribution in [0.2, 0.25) is 0 Å². The van der Waals surface area contributed by atoms with Crippen molar-refractivity contribution in [2.75, 3.05) is 12.4 Å². The normalized spacial score (nSPS) is 15.0. The van der Waals surface area contributed by atoms with Crippen LogP contribution in [0.5, 0.6) is 5.75 Å². The van der Waals surface area contributed by atoms with Gasteiger partial charge in [0.2, 0.25) is 5.95 Å². The van der Waals surface area contributed by atoms with E-state index >= 15 is 0 Å². The number of rotatable bonds is 5. The highest BCUT2D eigenvalue weighted by atomic mass is 32.1. The molecule has 5 nitrogen and oxygen atoms in total. The van der Waals surface area contributed by atoms with Crippen LogP contribution in [-0.4, -0.2) is 28.1 Å². The Labute approximate surface area is 157 Å². The van der Waals surface area contributed by atoms with Crippen LogP contribution in [0.15, 0.2) is 42.0 Å². The molecule has 1 aliphatic carbocycles. The predicted molar refractivity (Wildman–Crippen MR) is 106 cm³/mol. The molecular weight excluding hydrogens is 344 g/mol. The Bertz CT molecular complexity index is 856. The summed E-state index contributed by atoms with van der Waals surface area (Å²) in [6.07, 6.45) is 8.13. The van der Waals surface area contributed by atoms with Crippen LogP contribution in [0.3, 0.4) is 0 Å². The maximum absolute atomic E-state index is 5.24. The molecule has 0 bridgehead atoms. The smallest absolute Gasteiger partial charge is 0.223 e. The molecule has 0 radical (unpaired) electrons.